The van der Waals surface area contributed by atoms with Gasteiger partial charge in [0, 0.05) is 0 Å². The molecule has 1 amide bonds. The molecule has 17 heavy (non-hydrogen) atoms. The van der Waals surface area contributed by atoms with Crippen molar-refractivity contribution in [2.24, 2.45) is 0 Å². The molecule has 1 aliphatic heterocycles. The summed E-state index contributed by atoms with van der Waals surface area (Å²) in [4.78, 5) is 13.9. The highest BCUT2D eigenvalue weighted by Crippen LogP contribution is 2.31. The normalized spacial score (nSPS) is 23.9. The monoisotopic (exact) mass is 243 g/mol. The van der Waals surface area contributed by atoms with Gasteiger partial charge in [0.1, 0.15) is 11.3 Å². The van der Waals surface area contributed by atoms with E-state index in [2.05, 4.69) is 6.92 Å². The lowest BCUT2D eigenvalue weighted by molar-refractivity contribution is -0.0626. The number of nitrogens with zero attached hydrogens (tertiary/aromatic N) is 1. The first-order valence-electron chi connectivity index (χ1n) is 6.33. The highest BCUT2D eigenvalue weighted by molar-refractivity contribution is 5.69. The molecule has 0 bridgehead atoms. The Hall–Kier alpha value is -0.770. The molecule has 1 heterocycles. The molecule has 4 nitrogen and oxygen atoms in total. The van der Waals surface area contributed by atoms with Crippen LogP contribution < -0.4 is 0 Å². The Balaban J connectivity index is 2.79. The van der Waals surface area contributed by atoms with E-state index in [1.54, 1.807) is 4.90 Å². The number of ether oxygens (including phenoxy) is 2. The van der Waals surface area contributed by atoms with Crippen LogP contribution in [-0.4, -0.2) is 35.0 Å². The molecule has 0 radical (unpaired) electrons. The molecule has 0 unspecified atom stereocenters. The van der Waals surface area contributed by atoms with Gasteiger partial charge < -0.3 is 9.47 Å². The Morgan fingerprint density at radius 3 is 2.53 bits per heavy atom. The number of carbonyl (C=O) groups is 1. The van der Waals surface area contributed by atoms with E-state index in [0.717, 1.165) is 12.8 Å². The van der Waals surface area contributed by atoms with Crippen LogP contribution in [0.5, 0.6) is 0 Å². The molecule has 0 saturated carbocycles. The number of rotatable bonds is 2. The molecule has 4 heteroatoms. The van der Waals surface area contributed by atoms with E-state index in [1.807, 2.05) is 34.6 Å². The molecule has 0 aliphatic carbocycles. The van der Waals surface area contributed by atoms with Gasteiger partial charge in [-0.1, -0.05) is 13.3 Å². The van der Waals surface area contributed by atoms with Crippen LogP contribution in [0.2, 0.25) is 0 Å². The van der Waals surface area contributed by atoms with Crippen LogP contribution in [0, 0.1) is 0 Å². The van der Waals surface area contributed by atoms with Gasteiger partial charge in [0.2, 0.25) is 0 Å². The maximum absolute atomic E-state index is 12.2. The number of carbonyl (C=O) groups excluding carboxylic acids is 1. The van der Waals surface area contributed by atoms with Crippen molar-refractivity contribution in [2.75, 3.05) is 6.61 Å². The maximum atomic E-state index is 12.2. The number of hydrogen-bond acceptors (Lipinski definition) is 3. The molecule has 1 fully saturated rings. The summed E-state index contributed by atoms with van der Waals surface area (Å²) in [6, 6.07) is 0.129. The molecule has 0 aromatic carbocycles. The fourth-order valence-electron chi connectivity index (χ4n) is 2.11. The van der Waals surface area contributed by atoms with Crippen molar-refractivity contribution in [1.29, 1.82) is 0 Å². The van der Waals surface area contributed by atoms with Crippen molar-refractivity contribution >= 4 is 6.09 Å². The van der Waals surface area contributed by atoms with Crippen LogP contribution in [0.15, 0.2) is 0 Å². The fourth-order valence-corrected chi connectivity index (χ4v) is 2.11. The van der Waals surface area contributed by atoms with E-state index < -0.39 is 11.3 Å². The fraction of sp³-hybridized carbons (Fsp3) is 0.923. The second kappa shape index (κ2) is 4.84. The SMILES string of the molecule is CCC[C@@H]1COC(C)(C)N1C(=O)OC(C)(C)C. The van der Waals surface area contributed by atoms with Gasteiger partial charge in [-0.3, -0.25) is 4.90 Å². The molecular weight excluding hydrogens is 218 g/mol. The highest BCUT2D eigenvalue weighted by atomic mass is 16.6. The first kappa shape index (κ1) is 14.3. The second-order valence-electron chi connectivity index (χ2n) is 6.05. The van der Waals surface area contributed by atoms with Crippen LogP contribution in [0.4, 0.5) is 4.79 Å². The summed E-state index contributed by atoms with van der Waals surface area (Å²) in [5, 5.41) is 0. The van der Waals surface area contributed by atoms with Crippen LogP contribution in [0.3, 0.4) is 0 Å². The average Bonchev–Trinajstić information content (AvgIpc) is 2.39. The third-order valence-electron chi connectivity index (χ3n) is 2.79. The van der Waals surface area contributed by atoms with Crippen molar-refractivity contribution in [3.05, 3.63) is 0 Å². The van der Waals surface area contributed by atoms with E-state index in [4.69, 9.17) is 9.47 Å². The first-order chi connectivity index (χ1) is 7.67. The van der Waals surface area contributed by atoms with E-state index in [0.29, 0.717) is 6.61 Å². The zero-order chi connectivity index (χ0) is 13.3. The standard InChI is InChI=1S/C13H25NO3/c1-7-8-10-9-16-13(5,6)14(10)11(15)17-12(2,3)4/h10H,7-9H2,1-6H3/t10-/m1/s1. The Morgan fingerprint density at radius 1 is 1.47 bits per heavy atom. The summed E-state index contributed by atoms with van der Waals surface area (Å²) in [7, 11) is 0. The van der Waals surface area contributed by atoms with Crippen molar-refractivity contribution in [1.82, 2.24) is 4.90 Å². The van der Waals surface area contributed by atoms with Crippen molar-refractivity contribution in [3.63, 3.8) is 0 Å². The lowest BCUT2D eigenvalue weighted by Crippen LogP contribution is -2.49. The molecular formula is C13H25NO3. The van der Waals surface area contributed by atoms with E-state index in [9.17, 15) is 4.79 Å². The van der Waals surface area contributed by atoms with Crippen molar-refractivity contribution in [2.45, 2.75) is 71.8 Å². The molecule has 0 N–H and O–H groups in total. The maximum Gasteiger partial charge on any atom is 0.412 e. The third-order valence-corrected chi connectivity index (χ3v) is 2.79. The van der Waals surface area contributed by atoms with Gasteiger partial charge in [-0.25, -0.2) is 4.79 Å². The van der Waals surface area contributed by atoms with Crippen LogP contribution in [-0.2, 0) is 9.47 Å². The van der Waals surface area contributed by atoms with Gasteiger partial charge in [-0.15, -0.1) is 0 Å². The minimum atomic E-state index is -0.567. The number of amides is 1. The molecule has 0 aromatic heterocycles. The summed E-state index contributed by atoms with van der Waals surface area (Å²) in [5.41, 5.74) is -1.03. The van der Waals surface area contributed by atoms with Crippen molar-refractivity contribution in [3.8, 4) is 0 Å². The van der Waals surface area contributed by atoms with Gasteiger partial charge in [0.25, 0.3) is 0 Å². The van der Waals surface area contributed by atoms with Crippen LogP contribution >= 0.6 is 0 Å². The van der Waals surface area contributed by atoms with Crippen LogP contribution in [0.25, 0.3) is 0 Å². The smallest absolute Gasteiger partial charge is 0.412 e. The van der Waals surface area contributed by atoms with Crippen molar-refractivity contribution < 1.29 is 14.3 Å². The molecule has 0 aromatic rings. The van der Waals surface area contributed by atoms with Gasteiger partial charge in [0.05, 0.1) is 12.6 Å². The lowest BCUT2D eigenvalue weighted by atomic mass is 10.1. The van der Waals surface area contributed by atoms with Gasteiger partial charge in [-0.2, -0.15) is 0 Å². The predicted molar refractivity (Wildman–Crippen MR) is 66.8 cm³/mol. The van der Waals surface area contributed by atoms with E-state index in [1.165, 1.54) is 0 Å². The molecule has 0 spiro atoms. The Morgan fingerprint density at radius 2 is 2.06 bits per heavy atom. The lowest BCUT2D eigenvalue weighted by Gasteiger charge is -2.35. The zero-order valence-electron chi connectivity index (χ0n) is 11.9. The minimum absolute atomic E-state index is 0.129. The summed E-state index contributed by atoms with van der Waals surface area (Å²) >= 11 is 0. The predicted octanol–water partition coefficient (Wildman–Crippen LogP) is 3.16. The molecule has 1 saturated heterocycles. The summed E-state index contributed by atoms with van der Waals surface area (Å²) in [6.07, 6.45) is 1.70. The third kappa shape index (κ3) is 3.60. The molecule has 1 rings (SSSR count). The Labute approximate surface area is 104 Å². The molecule has 100 valence electrons. The quantitative estimate of drug-likeness (QED) is 0.747. The topological polar surface area (TPSA) is 38.8 Å². The van der Waals surface area contributed by atoms with E-state index in [-0.39, 0.29) is 12.1 Å². The average molecular weight is 243 g/mol. The molecule has 1 atom stereocenters. The second-order valence-corrected chi connectivity index (χ2v) is 6.05. The van der Waals surface area contributed by atoms with E-state index >= 15 is 0 Å². The Bertz CT molecular complexity index is 281. The highest BCUT2D eigenvalue weighted by Gasteiger charge is 2.45. The minimum Gasteiger partial charge on any atom is -0.444 e. The number of hydrogen-bond donors (Lipinski definition) is 0. The largest absolute Gasteiger partial charge is 0.444 e. The first-order valence-corrected chi connectivity index (χ1v) is 6.33. The Kier molecular flexibility index (Phi) is 4.07. The summed E-state index contributed by atoms with van der Waals surface area (Å²) in [5.74, 6) is 0. The van der Waals surface area contributed by atoms with Crippen LogP contribution in [0.1, 0.15) is 54.4 Å². The summed E-state index contributed by atoms with van der Waals surface area (Å²) in [6.45, 7) is 12.2. The zero-order valence-corrected chi connectivity index (χ0v) is 11.9. The van der Waals surface area contributed by atoms with Gasteiger partial charge >= 0.3 is 6.09 Å². The summed E-state index contributed by atoms with van der Waals surface area (Å²) < 4.78 is 11.1. The van der Waals surface area contributed by atoms with Gasteiger partial charge in [0.15, 0.2) is 0 Å². The molecule has 1 aliphatic rings. The van der Waals surface area contributed by atoms with Gasteiger partial charge in [-0.05, 0) is 41.0 Å².